The minimum absolute atomic E-state index is 0.152. The predicted octanol–water partition coefficient (Wildman–Crippen LogP) is 4.92. The van der Waals surface area contributed by atoms with Gasteiger partial charge in [0.2, 0.25) is 0 Å². The van der Waals surface area contributed by atoms with E-state index in [1.807, 2.05) is 32.0 Å². The normalized spacial score (nSPS) is 9.22. The highest BCUT2D eigenvalue weighted by Crippen LogP contribution is 2.17. The van der Waals surface area contributed by atoms with Gasteiger partial charge in [-0.15, -0.1) is 0 Å². The summed E-state index contributed by atoms with van der Waals surface area (Å²) in [4.78, 5) is 29.9. The number of nitrogens with zero attached hydrogens (tertiary/aromatic N) is 2. The van der Waals surface area contributed by atoms with Gasteiger partial charge in [-0.1, -0.05) is 24.3 Å². The Hall–Kier alpha value is -4.47. The van der Waals surface area contributed by atoms with Crippen molar-refractivity contribution < 1.29 is 24.5 Å². The molecule has 0 spiro atoms. The number of carbonyl (C=O) groups excluding carboxylic acids is 1. The van der Waals surface area contributed by atoms with Crippen molar-refractivity contribution >= 4 is 17.5 Å². The summed E-state index contributed by atoms with van der Waals surface area (Å²) in [6.45, 7) is 3.99. The number of hydrogen-bond acceptors (Lipinski definition) is 7. The molecule has 0 saturated heterocycles. The van der Waals surface area contributed by atoms with Gasteiger partial charge in [0.25, 0.3) is 11.4 Å². The van der Waals surface area contributed by atoms with Gasteiger partial charge in [0.15, 0.2) is 0 Å². The molecule has 3 aromatic rings. The Kier molecular flexibility index (Phi) is 10.4. The molecule has 0 unspecified atom stereocenters. The highest BCUT2D eigenvalue weighted by Gasteiger charge is 2.08. The van der Waals surface area contributed by atoms with Crippen LogP contribution >= 0.6 is 0 Å². The number of carbonyl (C=O) groups is 1. The topological polar surface area (TPSA) is 145 Å². The second kappa shape index (κ2) is 13.0. The van der Waals surface area contributed by atoms with E-state index in [1.165, 1.54) is 12.6 Å². The van der Waals surface area contributed by atoms with E-state index in [9.17, 15) is 25.0 Å². The van der Waals surface area contributed by atoms with Crippen LogP contribution in [-0.4, -0.2) is 28.1 Å². The van der Waals surface area contributed by atoms with Crippen molar-refractivity contribution in [3.8, 4) is 11.5 Å². The average Bonchev–Trinajstić information content (AvgIpc) is 2.77. The summed E-state index contributed by atoms with van der Waals surface area (Å²) < 4.78 is 4.95. The molecule has 0 aliphatic heterocycles. The molecule has 0 bridgehead atoms. The second-order valence-electron chi connectivity index (χ2n) is 6.25. The largest absolute Gasteiger partial charge is 0.508 e. The van der Waals surface area contributed by atoms with E-state index in [2.05, 4.69) is 5.32 Å². The van der Waals surface area contributed by atoms with Crippen LogP contribution in [0.25, 0.3) is 0 Å². The fraction of sp³-hybridized carbons (Fsp3) is 0.136. The van der Waals surface area contributed by atoms with Gasteiger partial charge in [0, 0.05) is 31.3 Å². The summed E-state index contributed by atoms with van der Waals surface area (Å²) in [6.07, 6.45) is -0.441. The van der Waals surface area contributed by atoms with Crippen molar-refractivity contribution in [1.82, 2.24) is 5.32 Å². The first-order valence-corrected chi connectivity index (χ1v) is 9.23. The summed E-state index contributed by atoms with van der Waals surface area (Å²) in [7, 11) is 1.53. The first-order chi connectivity index (χ1) is 15.1. The number of nitrogens with one attached hydrogen (secondary N) is 1. The maximum atomic E-state index is 10.8. The van der Waals surface area contributed by atoms with Crippen LogP contribution in [0.15, 0.2) is 72.8 Å². The third-order valence-electron chi connectivity index (χ3n) is 3.92. The molecule has 0 fully saturated rings. The van der Waals surface area contributed by atoms with Crippen LogP contribution in [0.2, 0.25) is 0 Å². The zero-order chi connectivity index (χ0) is 24.1. The van der Waals surface area contributed by atoms with Gasteiger partial charge in [-0.25, -0.2) is 4.79 Å². The van der Waals surface area contributed by atoms with Crippen LogP contribution in [0.3, 0.4) is 0 Å². The molecule has 10 heteroatoms. The lowest BCUT2D eigenvalue weighted by Gasteiger charge is -2.05. The number of rotatable bonds is 3. The lowest BCUT2D eigenvalue weighted by atomic mass is 10.1. The molecule has 0 aromatic heterocycles. The summed E-state index contributed by atoms with van der Waals surface area (Å²) in [5.74, 6) is 0.893. The number of hydrogen-bond donors (Lipinski definition) is 2. The third kappa shape index (κ3) is 9.35. The molecule has 0 aliphatic carbocycles. The Morgan fingerprint density at radius 3 is 1.69 bits per heavy atom. The van der Waals surface area contributed by atoms with Crippen molar-refractivity contribution in [3.05, 3.63) is 104 Å². The number of amides is 1. The monoisotopic (exact) mass is 441 g/mol. The van der Waals surface area contributed by atoms with Gasteiger partial charge in [0.05, 0.1) is 9.85 Å². The Balaban J connectivity index is 0.000000250. The minimum Gasteiger partial charge on any atom is -0.508 e. The fourth-order valence-corrected chi connectivity index (χ4v) is 2.06. The molecule has 0 saturated carbocycles. The minimum atomic E-state index is -0.607. The van der Waals surface area contributed by atoms with Crippen LogP contribution in [0, 0.1) is 34.1 Å². The molecule has 2 N–H and O–H groups in total. The van der Waals surface area contributed by atoms with E-state index in [0.29, 0.717) is 11.5 Å². The molecule has 0 radical (unpaired) electrons. The first kappa shape index (κ1) is 25.6. The smallest absolute Gasteiger partial charge is 0.412 e. The zero-order valence-corrected chi connectivity index (χ0v) is 17.7. The number of nitro benzene ring substituents is 2. The standard InChI is InChI=1S/C10H13NO2.C6H4N2O4.C6H6O/c1-7-4-5-9(6-8(7)2)13-10(12)11-3;9-7(10)5-1-2-6(4-3-5)8(11)12;7-6-4-2-1-3-5-6/h4-6H,1-3H3,(H,11,12);1-4H;1-5,7H. The average molecular weight is 441 g/mol. The maximum absolute atomic E-state index is 10.8. The molecule has 3 aromatic carbocycles. The molecule has 10 nitrogen and oxygen atoms in total. The predicted molar refractivity (Wildman–Crippen MR) is 119 cm³/mol. The lowest BCUT2D eigenvalue weighted by Crippen LogP contribution is -2.22. The molecule has 0 heterocycles. The van der Waals surface area contributed by atoms with Crippen molar-refractivity contribution in [1.29, 1.82) is 0 Å². The third-order valence-corrected chi connectivity index (χ3v) is 3.92. The molecule has 0 atom stereocenters. The quantitative estimate of drug-likeness (QED) is 0.433. The van der Waals surface area contributed by atoms with E-state index in [1.54, 1.807) is 30.3 Å². The summed E-state index contributed by atoms with van der Waals surface area (Å²) >= 11 is 0. The second-order valence-corrected chi connectivity index (χ2v) is 6.25. The maximum Gasteiger partial charge on any atom is 0.412 e. The van der Waals surface area contributed by atoms with Gasteiger partial charge < -0.3 is 15.2 Å². The van der Waals surface area contributed by atoms with E-state index in [4.69, 9.17) is 9.84 Å². The Bertz CT molecular complexity index is 1010. The molecule has 0 aliphatic rings. The van der Waals surface area contributed by atoms with Crippen LogP contribution in [-0.2, 0) is 0 Å². The van der Waals surface area contributed by atoms with Crippen molar-refractivity contribution in [2.24, 2.45) is 0 Å². The Labute approximate surface area is 184 Å². The van der Waals surface area contributed by atoms with Crippen molar-refractivity contribution in [3.63, 3.8) is 0 Å². The molecular weight excluding hydrogens is 418 g/mol. The summed E-state index contributed by atoms with van der Waals surface area (Å²) in [5.41, 5.74) is 1.99. The number of aromatic hydroxyl groups is 1. The molecular formula is C22H23N3O7. The zero-order valence-electron chi connectivity index (χ0n) is 17.7. The van der Waals surface area contributed by atoms with Crippen LogP contribution in [0.4, 0.5) is 16.2 Å². The van der Waals surface area contributed by atoms with Gasteiger partial charge in [-0.05, 0) is 49.2 Å². The molecule has 1 amide bonds. The molecule has 32 heavy (non-hydrogen) atoms. The van der Waals surface area contributed by atoms with Gasteiger partial charge >= 0.3 is 6.09 Å². The molecule has 168 valence electrons. The molecule has 3 rings (SSSR count). The van der Waals surface area contributed by atoms with Crippen LogP contribution in [0.5, 0.6) is 11.5 Å². The SMILES string of the molecule is CNC(=O)Oc1ccc(C)c(C)c1.O=[N+]([O-])c1ccc([N+](=O)[O-])cc1.Oc1ccccc1. The summed E-state index contributed by atoms with van der Waals surface area (Å²) in [5, 5.41) is 31.3. The number of nitro groups is 2. The fourth-order valence-electron chi connectivity index (χ4n) is 2.06. The van der Waals surface area contributed by atoms with E-state index in [0.717, 1.165) is 29.8 Å². The van der Waals surface area contributed by atoms with Gasteiger partial charge in [-0.3, -0.25) is 20.2 Å². The van der Waals surface area contributed by atoms with E-state index >= 15 is 0 Å². The lowest BCUT2D eigenvalue weighted by molar-refractivity contribution is -0.389. The summed E-state index contributed by atoms with van der Waals surface area (Å²) in [6, 6.07) is 18.6. The van der Waals surface area contributed by atoms with E-state index < -0.39 is 15.9 Å². The van der Waals surface area contributed by atoms with Crippen LogP contribution in [0.1, 0.15) is 11.1 Å². The number of non-ortho nitro benzene ring substituents is 2. The first-order valence-electron chi connectivity index (χ1n) is 9.23. The van der Waals surface area contributed by atoms with Crippen molar-refractivity contribution in [2.45, 2.75) is 13.8 Å². The highest BCUT2D eigenvalue weighted by atomic mass is 16.6. The number of aryl methyl sites for hydroxylation is 2. The highest BCUT2D eigenvalue weighted by molar-refractivity contribution is 5.70. The number of phenols is 1. The van der Waals surface area contributed by atoms with Gasteiger partial charge in [0.1, 0.15) is 11.5 Å². The number of para-hydroxylation sites is 1. The number of phenolic OH excluding ortho intramolecular Hbond substituents is 1. The van der Waals surface area contributed by atoms with Gasteiger partial charge in [-0.2, -0.15) is 0 Å². The number of benzene rings is 3. The van der Waals surface area contributed by atoms with E-state index in [-0.39, 0.29) is 11.4 Å². The Morgan fingerprint density at radius 2 is 1.34 bits per heavy atom. The Morgan fingerprint density at radius 1 is 0.844 bits per heavy atom. The number of ether oxygens (including phenoxy) is 1. The van der Waals surface area contributed by atoms with Crippen LogP contribution < -0.4 is 10.1 Å². The van der Waals surface area contributed by atoms with Crippen molar-refractivity contribution in [2.75, 3.05) is 7.05 Å².